The van der Waals surface area contributed by atoms with Gasteiger partial charge < -0.3 is 0 Å². The predicted octanol–water partition coefficient (Wildman–Crippen LogP) is 5.70. The summed E-state index contributed by atoms with van der Waals surface area (Å²) >= 11 is 17.7. The molecule has 0 saturated heterocycles. The number of hydrogen-bond acceptors (Lipinski definition) is 0. The second kappa shape index (κ2) is 6.60. The molecule has 1 unspecified atom stereocenters. The molecule has 0 aliphatic heterocycles. The van der Waals surface area contributed by atoms with Gasteiger partial charge in [0, 0.05) is 21.8 Å². The van der Waals surface area contributed by atoms with E-state index in [2.05, 4.69) is 0 Å². The molecule has 1 atom stereocenters. The van der Waals surface area contributed by atoms with Gasteiger partial charge in [0.1, 0.15) is 5.82 Å². The summed E-state index contributed by atoms with van der Waals surface area (Å²) in [5.41, 5.74) is 1.62. The highest BCUT2D eigenvalue weighted by Crippen LogP contribution is 2.26. The first-order valence-corrected chi connectivity index (χ1v) is 7.14. The van der Waals surface area contributed by atoms with Crippen LogP contribution in [0.2, 0.25) is 10.0 Å². The zero-order valence-corrected chi connectivity index (χ0v) is 12.3. The molecule has 0 saturated carbocycles. The fourth-order valence-electron chi connectivity index (χ4n) is 1.96. The van der Waals surface area contributed by atoms with Crippen molar-refractivity contribution in [3.05, 3.63) is 69.5 Å². The second-order valence-corrected chi connectivity index (χ2v) is 5.52. The largest absolute Gasteiger partial charge is 0.207 e. The summed E-state index contributed by atoms with van der Waals surface area (Å²) < 4.78 is 13.7. The highest BCUT2D eigenvalue weighted by Gasteiger charge is 2.14. The molecule has 0 aliphatic carbocycles. The third-order valence-corrected chi connectivity index (χ3v) is 3.86. The van der Waals surface area contributed by atoms with Crippen LogP contribution in [-0.2, 0) is 6.42 Å². The Labute approximate surface area is 127 Å². The van der Waals surface area contributed by atoms with Crippen molar-refractivity contribution in [3.8, 4) is 0 Å². The second-order valence-electron chi connectivity index (χ2n) is 4.34. The van der Waals surface area contributed by atoms with E-state index < -0.39 is 0 Å². The molecule has 2 aromatic carbocycles. The van der Waals surface area contributed by atoms with Crippen molar-refractivity contribution in [3.63, 3.8) is 0 Å². The average molecular weight is 318 g/mol. The summed E-state index contributed by atoms with van der Waals surface area (Å²) in [6, 6.07) is 12.0. The zero-order valence-electron chi connectivity index (χ0n) is 10.0. The standard InChI is InChI=1S/C15H12Cl3F/c16-9-12(10-1-3-13(17)4-2-10)7-11-8-14(18)5-6-15(11)19/h1-6,8,12H,7,9H2. The van der Waals surface area contributed by atoms with Gasteiger partial charge in [-0.05, 0) is 47.9 Å². The third-order valence-electron chi connectivity index (χ3n) is 3.00. The van der Waals surface area contributed by atoms with Gasteiger partial charge >= 0.3 is 0 Å². The van der Waals surface area contributed by atoms with Crippen LogP contribution in [0.15, 0.2) is 42.5 Å². The van der Waals surface area contributed by atoms with Crippen molar-refractivity contribution in [1.82, 2.24) is 0 Å². The highest BCUT2D eigenvalue weighted by atomic mass is 35.5. The van der Waals surface area contributed by atoms with E-state index in [1.54, 1.807) is 12.1 Å². The van der Waals surface area contributed by atoms with Crippen LogP contribution in [0.25, 0.3) is 0 Å². The molecule has 0 N–H and O–H groups in total. The lowest BCUT2D eigenvalue weighted by Crippen LogP contribution is -2.06. The van der Waals surface area contributed by atoms with E-state index in [0.29, 0.717) is 27.9 Å². The molecule has 0 amide bonds. The van der Waals surface area contributed by atoms with Gasteiger partial charge in [-0.3, -0.25) is 0 Å². The van der Waals surface area contributed by atoms with Gasteiger partial charge in [-0.15, -0.1) is 11.6 Å². The molecule has 0 heterocycles. The van der Waals surface area contributed by atoms with E-state index >= 15 is 0 Å². The molecule has 100 valence electrons. The Balaban J connectivity index is 2.23. The summed E-state index contributed by atoms with van der Waals surface area (Å²) in [4.78, 5) is 0. The number of halogens is 4. The smallest absolute Gasteiger partial charge is 0.126 e. The van der Waals surface area contributed by atoms with E-state index in [9.17, 15) is 4.39 Å². The minimum atomic E-state index is -0.256. The first kappa shape index (κ1) is 14.6. The van der Waals surface area contributed by atoms with E-state index in [1.807, 2.05) is 24.3 Å². The Morgan fingerprint density at radius 3 is 2.21 bits per heavy atom. The van der Waals surface area contributed by atoms with Crippen LogP contribution in [-0.4, -0.2) is 5.88 Å². The fourth-order valence-corrected chi connectivity index (χ4v) is 2.57. The Morgan fingerprint density at radius 1 is 0.947 bits per heavy atom. The first-order valence-electron chi connectivity index (χ1n) is 5.85. The SMILES string of the molecule is Fc1ccc(Cl)cc1CC(CCl)c1ccc(Cl)cc1. The summed E-state index contributed by atoms with van der Waals surface area (Å²) in [7, 11) is 0. The molecule has 4 heteroatoms. The lowest BCUT2D eigenvalue weighted by Gasteiger charge is -2.15. The fraction of sp³-hybridized carbons (Fsp3) is 0.200. The van der Waals surface area contributed by atoms with Gasteiger partial charge in [-0.1, -0.05) is 35.3 Å². The maximum Gasteiger partial charge on any atom is 0.126 e. The summed E-state index contributed by atoms with van der Waals surface area (Å²) in [5.74, 6) is 0.188. The van der Waals surface area contributed by atoms with Crippen LogP contribution in [0.1, 0.15) is 17.0 Å². The number of alkyl halides is 1. The van der Waals surface area contributed by atoms with E-state index in [0.717, 1.165) is 5.56 Å². The van der Waals surface area contributed by atoms with Crippen molar-refractivity contribution in [2.45, 2.75) is 12.3 Å². The first-order chi connectivity index (χ1) is 9.10. The van der Waals surface area contributed by atoms with Crippen LogP contribution < -0.4 is 0 Å². The lowest BCUT2D eigenvalue weighted by molar-refractivity contribution is 0.598. The molecule has 0 radical (unpaired) electrons. The summed E-state index contributed by atoms with van der Waals surface area (Å²) in [6.07, 6.45) is 0.511. The van der Waals surface area contributed by atoms with Crippen LogP contribution in [0.3, 0.4) is 0 Å². The maximum atomic E-state index is 13.7. The average Bonchev–Trinajstić information content (AvgIpc) is 2.41. The molecule has 19 heavy (non-hydrogen) atoms. The molecule has 0 nitrogen and oxygen atoms in total. The molecule has 0 bridgehead atoms. The topological polar surface area (TPSA) is 0 Å². The molecular formula is C15H12Cl3F. The minimum Gasteiger partial charge on any atom is -0.207 e. The van der Waals surface area contributed by atoms with Crippen LogP contribution >= 0.6 is 34.8 Å². The monoisotopic (exact) mass is 316 g/mol. The number of hydrogen-bond donors (Lipinski definition) is 0. The van der Waals surface area contributed by atoms with Gasteiger partial charge in [-0.25, -0.2) is 4.39 Å². The molecule has 2 aromatic rings. The number of rotatable bonds is 4. The van der Waals surface area contributed by atoms with Crippen molar-refractivity contribution in [2.24, 2.45) is 0 Å². The molecule has 0 aliphatic rings. The molecule has 0 spiro atoms. The van der Waals surface area contributed by atoms with Gasteiger partial charge in [0.05, 0.1) is 0 Å². The molecular weight excluding hydrogens is 306 g/mol. The molecule has 2 rings (SSSR count). The van der Waals surface area contributed by atoms with Gasteiger partial charge in [-0.2, -0.15) is 0 Å². The van der Waals surface area contributed by atoms with Gasteiger partial charge in [0.25, 0.3) is 0 Å². The van der Waals surface area contributed by atoms with E-state index in [4.69, 9.17) is 34.8 Å². The van der Waals surface area contributed by atoms with Crippen molar-refractivity contribution in [1.29, 1.82) is 0 Å². The Morgan fingerprint density at radius 2 is 1.58 bits per heavy atom. The predicted molar refractivity (Wildman–Crippen MR) is 80.0 cm³/mol. The number of benzene rings is 2. The Bertz CT molecular complexity index is 552. The normalized spacial score (nSPS) is 12.4. The quantitative estimate of drug-likeness (QED) is 0.635. The minimum absolute atomic E-state index is 0.0342. The van der Waals surface area contributed by atoms with Crippen LogP contribution in [0.4, 0.5) is 4.39 Å². The van der Waals surface area contributed by atoms with Gasteiger partial charge in [0.2, 0.25) is 0 Å². The van der Waals surface area contributed by atoms with E-state index in [-0.39, 0.29) is 11.7 Å². The van der Waals surface area contributed by atoms with Crippen LogP contribution in [0.5, 0.6) is 0 Å². The zero-order chi connectivity index (χ0) is 13.8. The highest BCUT2D eigenvalue weighted by molar-refractivity contribution is 6.30. The van der Waals surface area contributed by atoms with E-state index in [1.165, 1.54) is 6.07 Å². The summed E-state index contributed by atoms with van der Waals surface area (Å²) in [5, 5.41) is 1.20. The van der Waals surface area contributed by atoms with Crippen LogP contribution in [0, 0.1) is 5.82 Å². The maximum absolute atomic E-state index is 13.7. The third kappa shape index (κ3) is 3.85. The molecule has 0 aromatic heterocycles. The summed E-state index contributed by atoms with van der Waals surface area (Å²) in [6.45, 7) is 0. The Hall–Kier alpha value is -0.760. The van der Waals surface area contributed by atoms with Crippen molar-refractivity contribution in [2.75, 3.05) is 5.88 Å². The van der Waals surface area contributed by atoms with Crippen molar-refractivity contribution < 1.29 is 4.39 Å². The lowest BCUT2D eigenvalue weighted by atomic mass is 9.93. The Kier molecular flexibility index (Phi) is 5.09. The molecule has 0 fully saturated rings. The van der Waals surface area contributed by atoms with Crippen molar-refractivity contribution >= 4 is 34.8 Å². The van der Waals surface area contributed by atoms with Gasteiger partial charge in [0.15, 0.2) is 0 Å².